The molecular formula is C17H34N3Nb. The van der Waals surface area contributed by atoms with E-state index in [1.807, 2.05) is 0 Å². The maximum absolute atomic E-state index is 5.46. The van der Waals surface area contributed by atoms with Crippen LogP contribution in [0.5, 0.6) is 0 Å². The average Bonchev–Trinajstić information content (AvgIpc) is 3.03. The third kappa shape index (κ3) is 4.23. The van der Waals surface area contributed by atoms with E-state index in [0.717, 1.165) is 32.7 Å². The van der Waals surface area contributed by atoms with E-state index in [0.29, 0.717) is 4.14 Å². The van der Waals surface area contributed by atoms with Crippen molar-refractivity contribution in [3.8, 4) is 0 Å². The van der Waals surface area contributed by atoms with E-state index in [9.17, 15) is 0 Å². The SMILES string of the molecule is CCCC[N]=[Nb]([CH]1C=CC=C1)([N](CC)CC)[N](CC)CC. The maximum atomic E-state index is 5.46. The Kier molecular flexibility index (Phi) is 8.91. The monoisotopic (exact) mass is 373 g/mol. The van der Waals surface area contributed by atoms with Crippen LogP contribution in [0.1, 0.15) is 47.5 Å². The number of hydrogen-bond acceptors (Lipinski definition) is 1. The minimum atomic E-state index is -2.84. The van der Waals surface area contributed by atoms with Crippen LogP contribution in [0.4, 0.5) is 0 Å². The van der Waals surface area contributed by atoms with Gasteiger partial charge in [-0.05, 0) is 0 Å². The first-order valence-corrected chi connectivity index (χ1v) is 12.9. The predicted molar refractivity (Wildman–Crippen MR) is 90.1 cm³/mol. The second kappa shape index (κ2) is 9.86. The Balaban J connectivity index is 3.34. The summed E-state index contributed by atoms with van der Waals surface area (Å²) in [5, 5.41) is 0. The van der Waals surface area contributed by atoms with E-state index < -0.39 is 17.5 Å². The van der Waals surface area contributed by atoms with Gasteiger partial charge >= 0.3 is 136 Å². The van der Waals surface area contributed by atoms with Crippen LogP contribution >= 0.6 is 0 Å². The Morgan fingerprint density at radius 1 is 0.857 bits per heavy atom. The molecule has 21 heavy (non-hydrogen) atoms. The van der Waals surface area contributed by atoms with Crippen molar-refractivity contribution in [2.75, 3.05) is 32.7 Å². The minimum absolute atomic E-state index is 0.556. The van der Waals surface area contributed by atoms with Gasteiger partial charge in [-0.15, -0.1) is 0 Å². The summed E-state index contributed by atoms with van der Waals surface area (Å²) in [5.41, 5.74) is 0. The molecule has 3 nitrogen and oxygen atoms in total. The molecule has 0 atom stereocenters. The quantitative estimate of drug-likeness (QED) is 0.413. The molecule has 1 rings (SSSR count). The number of hydrogen-bond donors (Lipinski definition) is 0. The second-order valence-electron chi connectivity index (χ2n) is 5.37. The number of allylic oxidation sites excluding steroid dienone is 4. The normalized spacial score (nSPS) is 15.6. The van der Waals surface area contributed by atoms with Crippen molar-refractivity contribution in [3.05, 3.63) is 24.3 Å². The first-order chi connectivity index (χ1) is 10.2. The summed E-state index contributed by atoms with van der Waals surface area (Å²) < 4.78 is 11.5. The third-order valence-electron chi connectivity index (χ3n) is 4.24. The third-order valence-corrected chi connectivity index (χ3v) is 15.4. The van der Waals surface area contributed by atoms with Gasteiger partial charge in [0, 0.05) is 0 Å². The fourth-order valence-corrected chi connectivity index (χ4v) is 14.0. The van der Waals surface area contributed by atoms with Crippen molar-refractivity contribution in [1.82, 2.24) is 6.61 Å². The molecule has 0 unspecified atom stereocenters. The van der Waals surface area contributed by atoms with E-state index in [4.69, 9.17) is 3.34 Å². The summed E-state index contributed by atoms with van der Waals surface area (Å²) >= 11 is -2.84. The molecule has 0 spiro atoms. The number of unbranched alkanes of at least 4 members (excludes halogenated alkanes) is 1. The molecule has 0 saturated heterocycles. The summed E-state index contributed by atoms with van der Waals surface area (Å²) in [5.74, 6) is 0. The molecule has 0 radical (unpaired) electrons. The van der Waals surface area contributed by atoms with Crippen LogP contribution in [0, 0.1) is 0 Å². The van der Waals surface area contributed by atoms with Gasteiger partial charge in [0.15, 0.2) is 0 Å². The standard InChI is InChI=1S/C5H5.2C4H10N.C4H9N.Nb/c1-2-4-5-3-1;2*1-3-5-4-2;1-2-3-4-5;/h1-5H;2*3-4H2,1-2H3;2-4H2,1H3;/q;2*-1;;+2. The van der Waals surface area contributed by atoms with Gasteiger partial charge in [0.05, 0.1) is 0 Å². The van der Waals surface area contributed by atoms with Gasteiger partial charge in [0.2, 0.25) is 0 Å². The Morgan fingerprint density at radius 3 is 1.71 bits per heavy atom. The summed E-state index contributed by atoms with van der Waals surface area (Å²) in [4.78, 5) is 0. The molecule has 0 N–H and O–H groups in total. The van der Waals surface area contributed by atoms with Gasteiger partial charge in [-0.25, -0.2) is 0 Å². The van der Waals surface area contributed by atoms with Crippen LogP contribution in [0.3, 0.4) is 0 Å². The average molecular weight is 373 g/mol. The van der Waals surface area contributed by atoms with Crippen molar-refractivity contribution >= 4 is 0 Å². The molecule has 0 amide bonds. The Hall–Kier alpha value is -0.0597. The van der Waals surface area contributed by atoms with Crippen LogP contribution in [-0.4, -0.2) is 39.3 Å². The van der Waals surface area contributed by atoms with Crippen molar-refractivity contribution in [1.29, 1.82) is 0 Å². The summed E-state index contributed by atoms with van der Waals surface area (Å²) in [6.45, 7) is 17.0. The molecule has 0 fully saturated rings. The topological polar surface area (TPSA) is 18.8 Å². The molecule has 122 valence electrons. The predicted octanol–water partition coefficient (Wildman–Crippen LogP) is 4.55. The Bertz CT molecular complexity index is 365. The van der Waals surface area contributed by atoms with Gasteiger partial charge in [-0.2, -0.15) is 0 Å². The Labute approximate surface area is 136 Å². The Morgan fingerprint density at radius 2 is 1.33 bits per heavy atom. The molecule has 0 aliphatic heterocycles. The zero-order valence-electron chi connectivity index (χ0n) is 14.6. The number of nitrogens with zero attached hydrogens (tertiary/aromatic N) is 3. The zero-order valence-corrected chi connectivity index (χ0v) is 16.8. The first kappa shape index (κ1) is 19.0. The van der Waals surface area contributed by atoms with Gasteiger partial charge in [-0.1, -0.05) is 0 Å². The van der Waals surface area contributed by atoms with Crippen LogP contribution in [0.15, 0.2) is 27.6 Å². The zero-order chi connectivity index (χ0) is 15.7. The fourth-order valence-electron chi connectivity index (χ4n) is 3.14. The van der Waals surface area contributed by atoms with Crippen molar-refractivity contribution in [3.63, 3.8) is 0 Å². The van der Waals surface area contributed by atoms with Crippen LogP contribution in [0.25, 0.3) is 0 Å². The van der Waals surface area contributed by atoms with E-state index in [-0.39, 0.29) is 0 Å². The van der Waals surface area contributed by atoms with Gasteiger partial charge in [-0.3, -0.25) is 0 Å². The molecule has 1 aliphatic carbocycles. The number of rotatable bonds is 10. The van der Waals surface area contributed by atoms with E-state index in [1.165, 1.54) is 12.8 Å². The molecule has 0 aromatic carbocycles. The van der Waals surface area contributed by atoms with Crippen LogP contribution in [0.2, 0.25) is 4.14 Å². The molecule has 0 bridgehead atoms. The van der Waals surface area contributed by atoms with Crippen LogP contribution in [-0.2, 0) is 17.5 Å². The molecule has 0 saturated carbocycles. The molecule has 4 heteroatoms. The van der Waals surface area contributed by atoms with Crippen LogP contribution < -0.4 is 0 Å². The summed E-state index contributed by atoms with van der Waals surface area (Å²) in [6.07, 6.45) is 11.7. The fraction of sp³-hybridized carbons (Fsp3) is 0.765. The summed E-state index contributed by atoms with van der Waals surface area (Å²) in [7, 11) is 0. The molecule has 0 aromatic heterocycles. The van der Waals surface area contributed by atoms with Crippen molar-refractivity contribution in [2.45, 2.75) is 51.6 Å². The molecule has 1 aliphatic rings. The van der Waals surface area contributed by atoms with Gasteiger partial charge < -0.3 is 0 Å². The molecule has 0 heterocycles. The first-order valence-electron chi connectivity index (χ1n) is 8.64. The van der Waals surface area contributed by atoms with E-state index in [1.54, 1.807) is 0 Å². The van der Waals surface area contributed by atoms with E-state index in [2.05, 4.69) is 65.5 Å². The second-order valence-corrected chi connectivity index (χ2v) is 13.3. The molecular weight excluding hydrogens is 339 g/mol. The van der Waals surface area contributed by atoms with Gasteiger partial charge in [0.1, 0.15) is 0 Å². The van der Waals surface area contributed by atoms with Crippen molar-refractivity contribution in [2.24, 2.45) is 3.34 Å². The summed E-state index contributed by atoms with van der Waals surface area (Å²) in [6, 6.07) is 0. The van der Waals surface area contributed by atoms with Crippen molar-refractivity contribution < 1.29 is 17.5 Å². The van der Waals surface area contributed by atoms with Gasteiger partial charge in [0.25, 0.3) is 0 Å². The van der Waals surface area contributed by atoms with E-state index >= 15 is 0 Å². The molecule has 0 aromatic rings.